The Morgan fingerprint density at radius 3 is 2.37 bits per heavy atom. The van der Waals surface area contributed by atoms with Crippen LogP contribution in [0.4, 0.5) is 0 Å². The molecule has 1 heterocycles. The minimum Gasteiger partial charge on any atom is -0.475 e. The zero-order valence-electron chi connectivity index (χ0n) is 11.0. The second-order valence-electron chi connectivity index (χ2n) is 7.01. The van der Waals surface area contributed by atoms with E-state index in [1.807, 2.05) is 0 Å². The molecule has 0 atom stereocenters. The molecule has 5 heteroatoms. The van der Waals surface area contributed by atoms with E-state index in [0.717, 1.165) is 24.3 Å². The van der Waals surface area contributed by atoms with Crippen molar-refractivity contribution in [3.05, 3.63) is 12.2 Å². The van der Waals surface area contributed by atoms with Gasteiger partial charge in [-0.15, -0.1) is 10.2 Å². The van der Waals surface area contributed by atoms with Gasteiger partial charge in [0.2, 0.25) is 5.82 Å². The molecule has 4 saturated carbocycles. The first kappa shape index (κ1) is 11.4. The van der Waals surface area contributed by atoms with E-state index in [9.17, 15) is 4.79 Å². The zero-order chi connectivity index (χ0) is 13.0. The molecule has 5 nitrogen and oxygen atoms in total. The van der Waals surface area contributed by atoms with Crippen molar-refractivity contribution < 1.29 is 9.90 Å². The molecule has 0 aromatic carbocycles. The molecule has 4 fully saturated rings. The minimum absolute atomic E-state index is 0.0933. The lowest BCUT2D eigenvalue weighted by Crippen LogP contribution is -2.48. The molecule has 4 aliphatic carbocycles. The van der Waals surface area contributed by atoms with Crippen molar-refractivity contribution in [1.82, 2.24) is 14.8 Å². The van der Waals surface area contributed by atoms with Crippen molar-refractivity contribution >= 4 is 5.97 Å². The largest absolute Gasteiger partial charge is 0.475 e. The Hall–Kier alpha value is -1.39. The lowest BCUT2D eigenvalue weighted by Gasteiger charge is -2.57. The summed E-state index contributed by atoms with van der Waals surface area (Å²) in [6.45, 7) is 0.797. The number of rotatable bonds is 3. The molecule has 1 aromatic rings. The molecular weight excluding hydrogens is 242 g/mol. The monoisotopic (exact) mass is 261 g/mol. The highest BCUT2D eigenvalue weighted by atomic mass is 16.4. The van der Waals surface area contributed by atoms with Gasteiger partial charge in [0.25, 0.3) is 0 Å². The van der Waals surface area contributed by atoms with E-state index in [4.69, 9.17) is 5.11 Å². The van der Waals surface area contributed by atoms with E-state index in [1.165, 1.54) is 38.5 Å². The second-order valence-corrected chi connectivity index (χ2v) is 7.01. The van der Waals surface area contributed by atoms with Crippen LogP contribution in [0.25, 0.3) is 0 Å². The number of nitrogens with zero attached hydrogens (tertiary/aromatic N) is 3. The summed E-state index contributed by atoms with van der Waals surface area (Å²) in [7, 11) is 0. The summed E-state index contributed by atoms with van der Waals surface area (Å²) in [6.07, 6.45) is 9.64. The molecule has 102 valence electrons. The summed E-state index contributed by atoms with van der Waals surface area (Å²) in [5.41, 5.74) is 0.321. The number of hydrogen-bond donors (Lipinski definition) is 1. The van der Waals surface area contributed by atoms with Crippen LogP contribution in [0.15, 0.2) is 6.33 Å². The van der Waals surface area contributed by atoms with Gasteiger partial charge in [-0.3, -0.25) is 0 Å². The van der Waals surface area contributed by atoms with Gasteiger partial charge in [0.05, 0.1) is 0 Å². The molecule has 0 spiro atoms. The average molecular weight is 261 g/mol. The SMILES string of the molecule is O=C(O)c1nncn1CC12CC3CC(CC(C3)C1)C2. The summed E-state index contributed by atoms with van der Waals surface area (Å²) in [5.74, 6) is 1.78. The van der Waals surface area contributed by atoms with Gasteiger partial charge in [0.15, 0.2) is 0 Å². The van der Waals surface area contributed by atoms with Crippen molar-refractivity contribution in [2.24, 2.45) is 23.2 Å². The van der Waals surface area contributed by atoms with E-state index >= 15 is 0 Å². The van der Waals surface area contributed by atoms with E-state index in [1.54, 1.807) is 10.9 Å². The standard InChI is InChI=1S/C14H19N3O2/c18-13(19)12-16-15-8-17(12)7-14-4-9-1-10(5-14)3-11(2-9)6-14/h8-11H,1-7H2,(H,18,19). The van der Waals surface area contributed by atoms with Crippen LogP contribution in [0.3, 0.4) is 0 Å². The predicted octanol–water partition coefficient (Wildman–Crippen LogP) is 2.19. The summed E-state index contributed by atoms with van der Waals surface area (Å²) >= 11 is 0. The van der Waals surface area contributed by atoms with Crippen LogP contribution in [-0.2, 0) is 6.54 Å². The Balaban J connectivity index is 1.62. The second kappa shape index (κ2) is 3.81. The molecule has 0 unspecified atom stereocenters. The quantitative estimate of drug-likeness (QED) is 0.905. The highest BCUT2D eigenvalue weighted by Crippen LogP contribution is 2.60. The van der Waals surface area contributed by atoms with Gasteiger partial charge in [-0.05, 0) is 61.7 Å². The molecule has 19 heavy (non-hydrogen) atoms. The Kier molecular flexibility index (Phi) is 2.29. The first-order valence-electron chi connectivity index (χ1n) is 7.25. The van der Waals surface area contributed by atoms with Crippen molar-refractivity contribution in [2.75, 3.05) is 0 Å². The fraction of sp³-hybridized carbons (Fsp3) is 0.786. The van der Waals surface area contributed by atoms with Crippen molar-refractivity contribution in [1.29, 1.82) is 0 Å². The van der Waals surface area contributed by atoms with E-state index < -0.39 is 5.97 Å². The van der Waals surface area contributed by atoms with Crippen LogP contribution < -0.4 is 0 Å². The van der Waals surface area contributed by atoms with Gasteiger partial charge in [-0.2, -0.15) is 0 Å². The van der Waals surface area contributed by atoms with Gasteiger partial charge >= 0.3 is 5.97 Å². The average Bonchev–Trinajstić information content (AvgIpc) is 2.74. The lowest BCUT2D eigenvalue weighted by atomic mass is 9.49. The van der Waals surface area contributed by atoms with Crippen LogP contribution in [0, 0.1) is 23.2 Å². The van der Waals surface area contributed by atoms with Gasteiger partial charge in [-0.25, -0.2) is 4.79 Å². The fourth-order valence-corrected chi connectivity index (χ4v) is 5.38. The first-order chi connectivity index (χ1) is 9.13. The Bertz CT molecular complexity index is 487. The lowest BCUT2D eigenvalue weighted by molar-refractivity contribution is -0.0622. The Labute approximate surface area is 112 Å². The summed E-state index contributed by atoms with van der Waals surface area (Å²) in [6, 6.07) is 0. The van der Waals surface area contributed by atoms with Gasteiger partial charge in [-0.1, -0.05) is 0 Å². The molecule has 5 rings (SSSR count). The van der Waals surface area contributed by atoms with Crippen LogP contribution >= 0.6 is 0 Å². The molecule has 4 aliphatic rings. The normalized spacial score (nSPS) is 39.7. The fourth-order valence-electron chi connectivity index (χ4n) is 5.38. The van der Waals surface area contributed by atoms with Gasteiger partial charge in [0.1, 0.15) is 6.33 Å². The number of carboxylic acid groups (broad SMARTS) is 1. The Morgan fingerprint density at radius 1 is 1.26 bits per heavy atom. The molecule has 0 saturated heterocycles. The third-order valence-corrected chi connectivity index (χ3v) is 5.48. The molecule has 0 radical (unpaired) electrons. The number of aromatic nitrogens is 3. The summed E-state index contributed by atoms with van der Waals surface area (Å²) in [5, 5.41) is 16.6. The van der Waals surface area contributed by atoms with Crippen LogP contribution in [0.5, 0.6) is 0 Å². The van der Waals surface area contributed by atoms with E-state index in [-0.39, 0.29) is 5.82 Å². The van der Waals surface area contributed by atoms with E-state index in [2.05, 4.69) is 10.2 Å². The van der Waals surface area contributed by atoms with Crippen molar-refractivity contribution in [2.45, 2.75) is 45.1 Å². The molecule has 1 N–H and O–H groups in total. The molecule has 4 bridgehead atoms. The molecule has 0 aliphatic heterocycles. The maximum absolute atomic E-state index is 11.1. The maximum Gasteiger partial charge on any atom is 0.374 e. The summed E-state index contributed by atoms with van der Waals surface area (Å²) in [4.78, 5) is 11.1. The van der Waals surface area contributed by atoms with Crippen LogP contribution in [0.2, 0.25) is 0 Å². The van der Waals surface area contributed by atoms with Crippen LogP contribution in [-0.4, -0.2) is 25.8 Å². The van der Waals surface area contributed by atoms with Crippen molar-refractivity contribution in [3.8, 4) is 0 Å². The summed E-state index contributed by atoms with van der Waals surface area (Å²) < 4.78 is 1.76. The number of hydrogen-bond acceptors (Lipinski definition) is 3. The highest BCUT2D eigenvalue weighted by molar-refractivity contribution is 5.83. The van der Waals surface area contributed by atoms with Crippen molar-refractivity contribution in [3.63, 3.8) is 0 Å². The third kappa shape index (κ3) is 1.78. The molecule has 1 aromatic heterocycles. The highest BCUT2D eigenvalue weighted by Gasteiger charge is 2.51. The minimum atomic E-state index is -0.970. The van der Waals surface area contributed by atoms with E-state index in [0.29, 0.717) is 5.41 Å². The van der Waals surface area contributed by atoms with Crippen LogP contribution in [0.1, 0.15) is 49.1 Å². The van der Waals surface area contributed by atoms with Gasteiger partial charge in [0, 0.05) is 6.54 Å². The molecule has 0 amide bonds. The smallest absolute Gasteiger partial charge is 0.374 e. The number of carboxylic acids is 1. The third-order valence-electron chi connectivity index (χ3n) is 5.48. The predicted molar refractivity (Wildman–Crippen MR) is 67.6 cm³/mol. The zero-order valence-corrected chi connectivity index (χ0v) is 11.0. The van der Waals surface area contributed by atoms with Gasteiger partial charge < -0.3 is 9.67 Å². The number of aromatic carboxylic acids is 1. The maximum atomic E-state index is 11.1. The number of carbonyl (C=O) groups is 1. The first-order valence-corrected chi connectivity index (χ1v) is 7.25. The molecular formula is C14H19N3O2. The topological polar surface area (TPSA) is 68.0 Å². The Morgan fingerprint density at radius 2 is 1.84 bits per heavy atom.